The first-order valence-corrected chi connectivity index (χ1v) is 8.13. The molecule has 6 nitrogen and oxygen atoms in total. The first-order valence-electron chi connectivity index (χ1n) is 5.77. The summed E-state index contributed by atoms with van der Waals surface area (Å²) in [6, 6.07) is 4.53. The fourth-order valence-corrected chi connectivity index (χ4v) is 3.45. The molecule has 0 fully saturated rings. The van der Waals surface area contributed by atoms with E-state index in [2.05, 4.69) is 14.7 Å². The van der Waals surface area contributed by atoms with E-state index in [4.69, 9.17) is 5.26 Å². The summed E-state index contributed by atoms with van der Waals surface area (Å²) in [5, 5.41) is 10.8. The van der Waals surface area contributed by atoms with Gasteiger partial charge in [-0.2, -0.15) is 5.26 Å². The number of nitrogens with zero attached hydrogens (tertiary/aromatic N) is 3. The molecule has 0 aromatic carbocycles. The van der Waals surface area contributed by atoms with E-state index in [9.17, 15) is 8.42 Å². The van der Waals surface area contributed by atoms with Crippen LogP contribution in [0.1, 0.15) is 31.2 Å². The van der Waals surface area contributed by atoms with Crippen LogP contribution in [0.3, 0.4) is 0 Å². The van der Waals surface area contributed by atoms with Gasteiger partial charge in [-0.15, -0.1) is 11.3 Å². The van der Waals surface area contributed by atoms with Crippen LogP contribution in [0.2, 0.25) is 0 Å². The van der Waals surface area contributed by atoms with E-state index in [1.807, 2.05) is 25.3 Å². The number of anilines is 1. The monoisotopic (exact) mass is 308 g/mol. The Hall–Kier alpha value is -1.98. The molecule has 0 amide bonds. The van der Waals surface area contributed by atoms with Crippen molar-refractivity contribution in [2.45, 2.75) is 24.7 Å². The van der Waals surface area contributed by atoms with Gasteiger partial charge in [0, 0.05) is 11.6 Å². The molecular weight excluding hydrogens is 296 g/mol. The first-order chi connectivity index (χ1) is 9.42. The normalized spacial score (nSPS) is 11.3. The highest BCUT2D eigenvalue weighted by atomic mass is 32.2. The lowest BCUT2D eigenvalue weighted by Gasteiger charge is -2.04. The van der Waals surface area contributed by atoms with Crippen LogP contribution in [0.25, 0.3) is 0 Å². The van der Waals surface area contributed by atoms with Gasteiger partial charge in [-0.3, -0.25) is 4.72 Å². The minimum absolute atomic E-state index is 0.00204. The third kappa shape index (κ3) is 3.12. The summed E-state index contributed by atoms with van der Waals surface area (Å²) < 4.78 is 26.6. The molecule has 0 atom stereocenters. The van der Waals surface area contributed by atoms with Crippen LogP contribution in [-0.4, -0.2) is 18.4 Å². The maximum atomic E-state index is 12.1. The van der Waals surface area contributed by atoms with Gasteiger partial charge in [0.15, 0.2) is 5.13 Å². The van der Waals surface area contributed by atoms with E-state index in [-0.39, 0.29) is 16.5 Å². The lowest BCUT2D eigenvalue weighted by molar-refractivity contribution is 0.600. The molecule has 8 heteroatoms. The Morgan fingerprint density at radius 3 is 2.65 bits per heavy atom. The molecule has 0 aliphatic heterocycles. The predicted octanol–water partition coefficient (Wildman–Crippen LogP) is 2.33. The Labute approximate surface area is 121 Å². The molecule has 2 aromatic heterocycles. The molecule has 2 aromatic rings. The average Bonchev–Trinajstić information content (AvgIpc) is 2.87. The number of sulfonamides is 1. The van der Waals surface area contributed by atoms with Crippen LogP contribution in [0.15, 0.2) is 28.6 Å². The Balaban J connectivity index is 2.23. The van der Waals surface area contributed by atoms with Crippen molar-refractivity contribution in [3.8, 4) is 6.07 Å². The maximum absolute atomic E-state index is 12.1. The molecule has 0 bridgehead atoms. The molecule has 0 radical (unpaired) electrons. The van der Waals surface area contributed by atoms with Gasteiger partial charge in [-0.05, 0) is 18.1 Å². The largest absolute Gasteiger partial charge is 0.265 e. The second-order valence-corrected chi connectivity index (χ2v) is 6.87. The van der Waals surface area contributed by atoms with E-state index < -0.39 is 10.0 Å². The summed E-state index contributed by atoms with van der Waals surface area (Å²) >= 11 is 1.23. The number of hydrogen-bond donors (Lipinski definition) is 1. The molecule has 1 N–H and O–H groups in total. The summed E-state index contributed by atoms with van der Waals surface area (Å²) in [7, 11) is -3.72. The Kier molecular flexibility index (Phi) is 4.01. The molecule has 0 saturated carbocycles. The smallest absolute Gasteiger partial charge is 0.255 e. The van der Waals surface area contributed by atoms with Crippen LogP contribution < -0.4 is 4.72 Å². The highest BCUT2D eigenvalue weighted by Crippen LogP contribution is 2.23. The zero-order valence-corrected chi connectivity index (χ0v) is 12.5. The topological polar surface area (TPSA) is 95.7 Å². The second kappa shape index (κ2) is 5.56. The fraction of sp³-hybridized carbons (Fsp3) is 0.250. The summed E-state index contributed by atoms with van der Waals surface area (Å²) in [5.41, 5.74) is 1.01. The Bertz CT molecular complexity index is 743. The minimum Gasteiger partial charge on any atom is -0.255 e. The average molecular weight is 308 g/mol. The van der Waals surface area contributed by atoms with Crippen LogP contribution in [-0.2, 0) is 10.0 Å². The number of pyridine rings is 1. The number of rotatable bonds is 4. The van der Waals surface area contributed by atoms with E-state index in [1.54, 1.807) is 0 Å². The van der Waals surface area contributed by atoms with Crippen molar-refractivity contribution in [3.63, 3.8) is 0 Å². The van der Waals surface area contributed by atoms with Gasteiger partial charge in [-0.25, -0.2) is 18.4 Å². The van der Waals surface area contributed by atoms with Crippen LogP contribution in [0.5, 0.6) is 0 Å². The van der Waals surface area contributed by atoms with Gasteiger partial charge >= 0.3 is 0 Å². The highest BCUT2D eigenvalue weighted by molar-refractivity contribution is 7.93. The number of aromatic nitrogens is 2. The lowest BCUT2D eigenvalue weighted by atomic mass is 10.2. The first kappa shape index (κ1) is 14.4. The number of nitriles is 1. The summed E-state index contributed by atoms with van der Waals surface area (Å²) in [6.45, 7) is 3.97. The molecule has 2 rings (SSSR count). The maximum Gasteiger partial charge on any atom is 0.265 e. The van der Waals surface area contributed by atoms with Crippen molar-refractivity contribution >= 4 is 26.5 Å². The highest BCUT2D eigenvalue weighted by Gasteiger charge is 2.17. The van der Waals surface area contributed by atoms with Crippen LogP contribution in [0.4, 0.5) is 5.13 Å². The van der Waals surface area contributed by atoms with Gasteiger partial charge in [0.05, 0.1) is 5.69 Å². The molecular formula is C12H12N4O2S2. The zero-order chi connectivity index (χ0) is 14.8. The second-order valence-electron chi connectivity index (χ2n) is 4.33. The van der Waals surface area contributed by atoms with Crippen molar-refractivity contribution in [1.82, 2.24) is 9.97 Å². The molecule has 0 saturated heterocycles. The van der Waals surface area contributed by atoms with Crippen molar-refractivity contribution in [2.75, 3.05) is 4.72 Å². The fourth-order valence-electron chi connectivity index (χ4n) is 1.38. The standard InChI is InChI=1S/C12H12N4O2S2/c1-8(2)11-7-19-12(15-11)16-20(17,18)10-4-3-9(5-13)14-6-10/h3-4,6-8H,1-2H3,(H,15,16). The van der Waals surface area contributed by atoms with Crippen molar-refractivity contribution in [1.29, 1.82) is 5.26 Å². The van der Waals surface area contributed by atoms with Gasteiger partial charge in [0.25, 0.3) is 10.0 Å². The Morgan fingerprint density at radius 1 is 1.40 bits per heavy atom. The van der Waals surface area contributed by atoms with Gasteiger partial charge in [-0.1, -0.05) is 13.8 Å². The molecule has 104 valence electrons. The third-order valence-corrected chi connectivity index (χ3v) is 4.73. The molecule has 0 aliphatic carbocycles. The van der Waals surface area contributed by atoms with E-state index in [0.29, 0.717) is 5.13 Å². The number of nitrogens with one attached hydrogen (secondary N) is 1. The summed E-state index contributed by atoms with van der Waals surface area (Å²) in [4.78, 5) is 7.95. The number of hydrogen-bond acceptors (Lipinski definition) is 6. The van der Waals surface area contributed by atoms with Crippen LogP contribution in [0, 0.1) is 11.3 Å². The van der Waals surface area contributed by atoms with Gasteiger partial charge in [0.1, 0.15) is 16.7 Å². The van der Waals surface area contributed by atoms with E-state index in [1.165, 1.54) is 23.5 Å². The van der Waals surface area contributed by atoms with E-state index >= 15 is 0 Å². The Morgan fingerprint density at radius 2 is 2.15 bits per heavy atom. The molecule has 20 heavy (non-hydrogen) atoms. The summed E-state index contributed by atoms with van der Waals surface area (Å²) in [5.74, 6) is 0.237. The molecule has 0 aliphatic rings. The molecule has 0 spiro atoms. The number of thiazole rings is 1. The van der Waals surface area contributed by atoms with Crippen LogP contribution >= 0.6 is 11.3 Å². The SMILES string of the molecule is CC(C)c1csc(NS(=O)(=O)c2ccc(C#N)nc2)n1. The zero-order valence-electron chi connectivity index (χ0n) is 10.9. The van der Waals surface area contributed by atoms with Gasteiger partial charge < -0.3 is 0 Å². The minimum atomic E-state index is -3.72. The summed E-state index contributed by atoms with van der Waals surface area (Å²) in [6.07, 6.45) is 1.15. The quantitative estimate of drug-likeness (QED) is 0.935. The van der Waals surface area contributed by atoms with Crippen molar-refractivity contribution in [3.05, 3.63) is 35.1 Å². The van der Waals surface area contributed by atoms with E-state index in [0.717, 1.165) is 11.9 Å². The van der Waals surface area contributed by atoms with Gasteiger partial charge in [0.2, 0.25) is 0 Å². The molecule has 0 unspecified atom stereocenters. The van der Waals surface area contributed by atoms with Crippen molar-refractivity contribution in [2.24, 2.45) is 0 Å². The predicted molar refractivity (Wildman–Crippen MR) is 76.0 cm³/mol. The third-order valence-electron chi connectivity index (χ3n) is 2.50. The lowest BCUT2D eigenvalue weighted by Crippen LogP contribution is -2.13. The van der Waals surface area contributed by atoms with Crippen molar-refractivity contribution < 1.29 is 8.42 Å². The molecule has 2 heterocycles.